The highest BCUT2D eigenvalue weighted by atomic mass is 16.6. The Hall–Kier alpha value is -1.97. The maximum Gasteiger partial charge on any atom is 0.410 e. The predicted molar refractivity (Wildman–Crippen MR) is 94.0 cm³/mol. The molecule has 0 N–H and O–H groups in total. The van der Waals surface area contributed by atoms with Crippen molar-refractivity contribution in [2.24, 2.45) is 5.92 Å². The minimum atomic E-state index is -0.205. The van der Waals surface area contributed by atoms with E-state index in [1.54, 1.807) is 7.11 Å². The fraction of sp³-hybridized carbons (Fsp3) is 0.550. The summed E-state index contributed by atoms with van der Waals surface area (Å²) in [5.41, 5.74) is 1.03. The zero-order valence-corrected chi connectivity index (χ0v) is 14.4. The van der Waals surface area contributed by atoms with Crippen LogP contribution < -0.4 is 4.74 Å². The molecule has 2 aliphatic rings. The van der Waals surface area contributed by atoms with Crippen molar-refractivity contribution in [3.05, 3.63) is 42.5 Å². The maximum absolute atomic E-state index is 12.5. The van der Waals surface area contributed by atoms with Gasteiger partial charge in [0, 0.05) is 12.0 Å². The van der Waals surface area contributed by atoms with E-state index in [1.165, 1.54) is 32.1 Å². The molecule has 2 atom stereocenters. The number of nitrogens with zero attached hydrogens (tertiary/aromatic N) is 1. The lowest BCUT2D eigenvalue weighted by atomic mass is 9.80. The van der Waals surface area contributed by atoms with Gasteiger partial charge in [-0.2, -0.15) is 0 Å². The highest BCUT2D eigenvalue weighted by Crippen LogP contribution is 2.37. The molecule has 1 aromatic carbocycles. The van der Waals surface area contributed by atoms with Crippen LogP contribution in [0.15, 0.2) is 36.9 Å². The summed E-state index contributed by atoms with van der Waals surface area (Å²) in [6.07, 6.45) is 8.45. The molecule has 130 valence electrons. The first-order chi connectivity index (χ1) is 11.7. The molecule has 4 nitrogen and oxygen atoms in total. The quantitative estimate of drug-likeness (QED) is 0.719. The number of amides is 1. The van der Waals surface area contributed by atoms with Crippen LogP contribution in [-0.2, 0) is 11.3 Å². The van der Waals surface area contributed by atoms with E-state index < -0.39 is 0 Å². The fourth-order valence-corrected chi connectivity index (χ4v) is 4.16. The third kappa shape index (κ3) is 3.42. The lowest BCUT2D eigenvalue weighted by Crippen LogP contribution is -2.42. The van der Waals surface area contributed by atoms with Crippen LogP contribution in [0.1, 0.15) is 44.1 Å². The summed E-state index contributed by atoms with van der Waals surface area (Å²) in [6.45, 7) is 4.37. The van der Waals surface area contributed by atoms with Crippen molar-refractivity contribution in [3.63, 3.8) is 0 Å². The standard InChI is InChI=1S/C20H27NO3/c1-3-9-18-19(15-10-5-4-6-11-15)21(20(22)24-18)14-16-12-7-8-13-17(16)23-2/h3,7-8,12-13,15,18-19H,1,4-6,9-11,14H2,2H3/t18-,19-/m1/s1. The van der Waals surface area contributed by atoms with Crippen molar-refractivity contribution in [2.45, 2.75) is 57.2 Å². The van der Waals surface area contributed by atoms with Crippen LogP contribution in [0, 0.1) is 5.92 Å². The minimum absolute atomic E-state index is 0.0761. The first-order valence-electron chi connectivity index (χ1n) is 8.94. The molecule has 1 saturated carbocycles. The Morgan fingerprint density at radius 3 is 2.75 bits per heavy atom. The van der Waals surface area contributed by atoms with Crippen LogP contribution in [0.5, 0.6) is 5.75 Å². The Morgan fingerprint density at radius 1 is 1.29 bits per heavy atom. The number of para-hydroxylation sites is 1. The summed E-state index contributed by atoms with van der Waals surface area (Å²) in [5.74, 6) is 1.34. The van der Waals surface area contributed by atoms with Gasteiger partial charge < -0.3 is 9.47 Å². The van der Waals surface area contributed by atoms with Crippen LogP contribution in [0.25, 0.3) is 0 Å². The van der Waals surface area contributed by atoms with Gasteiger partial charge in [-0.25, -0.2) is 4.79 Å². The molecule has 1 heterocycles. The molecule has 1 aromatic rings. The number of methoxy groups -OCH3 is 1. The molecular weight excluding hydrogens is 302 g/mol. The Balaban J connectivity index is 1.84. The highest BCUT2D eigenvalue weighted by Gasteiger charge is 2.45. The van der Waals surface area contributed by atoms with Gasteiger partial charge in [-0.15, -0.1) is 6.58 Å². The number of carbonyl (C=O) groups excluding carboxylic acids is 1. The van der Waals surface area contributed by atoms with Crippen molar-refractivity contribution in [3.8, 4) is 5.75 Å². The summed E-state index contributed by atoms with van der Waals surface area (Å²) in [7, 11) is 1.67. The topological polar surface area (TPSA) is 38.8 Å². The molecule has 0 radical (unpaired) electrons. The molecule has 0 spiro atoms. The Kier molecular flexibility index (Phi) is 5.44. The average Bonchev–Trinajstić information content (AvgIpc) is 2.92. The van der Waals surface area contributed by atoms with E-state index in [1.807, 2.05) is 35.2 Å². The SMILES string of the molecule is C=CC[C@H]1OC(=O)N(Cc2ccccc2OC)[C@@H]1C1CCCCC1. The van der Waals surface area contributed by atoms with Crippen LogP contribution in [0.2, 0.25) is 0 Å². The van der Waals surface area contributed by atoms with Gasteiger partial charge in [-0.1, -0.05) is 43.5 Å². The summed E-state index contributed by atoms with van der Waals surface area (Å²) < 4.78 is 11.2. The lowest BCUT2D eigenvalue weighted by molar-refractivity contribution is 0.115. The average molecular weight is 329 g/mol. The van der Waals surface area contributed by atoms with E-state index in [2.05, 4.69) is 6.58 Å². The molecule has 3 rings (SSSR count). The molecule has 1 aliphatic heterocycles. The normalized spacial score (nSPS) is 24.7. The van der Waals surface area contributed by atoms with Gasteiger partial charge in [0.1, 0.15) is 11.9 Å². The zero-order chi connectivity index (χ0) is 16.9. The van der Waals surface area contributed by atoms with E-state index >= 15 is 0 Å². The molecule has 1 amide bonds. The smallest absolute Gasteiger partial charge is 0.410 e. The van der Waals surface area contributed by atoms with Gasteiger partial charge in [-0.05, 0) is 24.8 Å². The number of benzene rings is 1. The first kappa shape index (κ1) is 16.9. The molecule has 4 heteroatoms. The van der Waals surface area contributed by atoms with E-state index in [-0.39, 0.29) is 18.2 Å². The van der Waals surface area contributed by atoms with Crippen molar-refractivity contribution < 1.29 is 14.3 Å². The van der Waals surface area contributed by atoms with Crippen LogP contribution >= 0.6 is 0 Å². The van der Waals surface area contributed by atoms with Gasteiger partial charge in [0.2, 0.25) is 0 Å². The lowest BCUT2D eigenvalue weighted by Gasteiger charge is -2.34. The van der Waals surface area contributed by atoms with Crippen molar-refractivity contribution in [1.82, 2.24) is 4.90 Å². The second-order valence-corrected chi connectivity index (χ2v) is 6.78. The minimum Gasteiger partial charge on any atom is -0.496 e. The molecule has 2 fully saturated rings. The molecular formula is C20H27NO3. The number of ether oxygens (including phenoxy) is 2. The monoisotopic (exact) mass is 329 g/mol. The largest absolute Gasteiger partial charge is 0.496 e. The summed E-state index contributed by atoms with van der Waals surface area (Å²) in [4.78, 5) is 14.5. The number of rotatable bonds is 6. The van der Waals surface area contributed by atoms with Crippen molar-refractivity contribution in [2.75, 3.05) is 7.11 Å². The molecule has 1 saturated heterocycles. The third-order valence-corrected chi connectivity index (χ3v) is 5.29. The van der Waals surface area contributed by atoms with Crippen LogP contribution in [0.4, 0.5) is 4.79 Å². The highest BCUT2D eigenvalue weighted by molar-refractivity contribution is 5.71. The second-order valence-electron chi connectivity index (χ2n) is 6.78. The summed E-state index contributed by atoms with van der Waals surface area (Å²) >= 11 is 0. The van der Waals surface area contributed by atoms with Gasteiger partial charge in [0.05, 0.1) is 19.7 Å². The zero-order valence-electron chi connectivity index (χ0n) is 14.4. The van der Waals surface area contributed by atoms with Gasteiger partial charge in [0.15, 0.2) is 0 Å². The Bertz CT molecular complexity index is 580. The van der Waals surface area contributed by atoms with E-state index in [9.17, 15) is 4.79 Å². The molecule has 1 aliphatic carbocycles. The number of hydrogen-bond donors (Lipinski definition) is 0. The molecule has 0 aromatic heterocycles. The van der Waals surface area contributed by atoms with Crippen LogP contribution in [-0.4, -0.2) is 30.2 Å². The third-order valence-electron chi connectivity index (χ3n) is 5.29. The fourth-order valence-electron chi connectivity index (χ4n) is 4.16. The number of cyclic esters (lactones) is 1. The number of carbonyl (C=O) groups is 1. The van der Waals surface area contributed by atoms with Gasteiger partial charge in [-0.3, -0.25) is 4.90 Å². The van der Waals surface area contributed by atoms with E-state index in [0.717, 1.165) is 17.7 Å². The summed E-state index contributed by atoms with van der Waals surface area (Å²) in [5, 5.41) is 0. The van der Waals surface area contributed by atoms with E-state index in [4.69, 9.17) is 9.47 Å². The van der Waals surface area contributed by atoms with Crippen molar-refractivity contribution >= 4 is 6.09 Å². The van der Waals surface area contributed by atoms with Crippen molar-refractivity contribution in [1.29, 1.82) is 0 Å². The summed E-state index contributed by atoms with van der Waals surface area (Å²) in [6, 6.07) is 8.03. The second kappa shape index (κ2) is 7.73. The Morgan fingerprint density at radius 2 is 2.04 bits per heavy atom. The maximum atomic E-state index is 12.5. The molecule has 0 unspecified atom stereocenters. The first-order valence-corrected chi connectivity index (χ1v) is 8.94. The Labute approximate surface area is 144 Å². The van der Waals surface area contributed by atoms with Crippen LogP contribution in [0.3, 0.4) is 0 Å². The molecule has 24 heavy (non-hydrogen) atoms. The van der Waals surface area contributed by atoms with Gasteiger partial charge in [0.25, 0.3) is 0 Å². The van der Waals surface area contributed by atoms with E-state index in [0.29, 0.717) is 12.5 Å². The van der Waals surface area contributed by atoms with Gasteiger partial charge >= 0.3 is 6.09 Å². The number of hydrogen-bond acceptors (Lipinski definition) is 3. The predicted octanol–water partition coefficient (Wildman–Crippen LogP) is 4.54. The molecule has 0 bridgehead atoms.